The Labute approximate surface area is 124 Å². The van der Waals surface area contributed by atoms with Crippen LogP contribution in [-0.2, 0) is 21.4 Å². The standard InChI is InChI=1S/C12H22N4O4S/c1-3-5-16(6-4-2)21(19,20)15-11(12(17)18)7-10-8-13-9-14-10/h8-9,11,15H,3-7H2,1-2H3,(H,13,14)(H,17,18)/t11-/m1/s1. The molecular formula is C12H22N4O4S. The number of imidazole rings is 1. The maximum atomic E-state index is 12.3. The summed E-state index contributed by atoms with van der Waals surface area (Å²) >= 11 is 0. The molecule has 1 rings (SSSR count). The van der Waals surface area contributed by atoms with Crippen molar-refractivity contribution in [3.63, 3.8) is 0 Å². The number of hydrogen-bond acceptors (Lipinski definition) is 4. The highest BCUT2D eigenvalue weighted by atomic mass is 32.2. The predicted molar refractivity (Wildman–Crippen MR) is 77.9 cm³/mol. The molecule has 0 spiro atoms. The van der Waals surface area contributed by atoms with Crippen molar-refractivity contribution >= 4 is 16.2 Å². The molecule has 1 atom stereocenters. The molecule has 1 heterocycles. The van der Waals surface area contributed by atoms with E-state index in [1.165, 1.54) is 16.8 Å². The van der Waals surface area contributed by atoms with E-state index in [1.54, 1.807) is 0 Å². The van der Waals surface area contributed by atoms with Crippen LogP contribution in [0.2, 0.25) is 0 Å². The number of carbonyl (C=O) groups is 1. The summed E-state index contributed by atoms with van der Waals surface area (Å²) in [6.07, 6.45) is 4.24. The number of nitrogens with one attached hydrogen (secondary N) is 2. The molecule has 0 aliphatic carbocycles. The summed E-state index contributed by atoms with van der Waals surface area (Å²) in [5, 5.41) is 9.20. The lowest BCUT2D eigenvalue weighted by atomic mass is 10.2. The molecule has 0 unspecified atom stereocenters. The van der Waals surface area contributed by atoms with Crippen molar-refractivity contribution in [2.75, 3.05) is 13.1 Å². The van der Waals surface area contributed by atoms with Gasteiger partial charge in [-0.25, -0.2) is 4.98 Å². The number of nitrogens with zero attached hydrogens (tertiary/aromatic N) is 2. The fourth-order valence-corrected chi connectivity index (χ4v) is 3.44. The van der Waals surface area contributed by atoms with E-state index in [4.69, 9.17) is 0 Å². The molecule has 9 heteroatoms. The van der Waals surface area contributed by atoms with Crippen molar-refractivity contribution in [2.45, 2.75) is 39.2 Å². The van der Waals surface area contributed by atoms with Gasteiger partial charge in [0, 0.05) is 31.4 Å². The smallest absolute Gasteiger partial charge is 0.322 e. The third-order valence-corrected chi connectivity index (χ3v) is 4.48. The lowest BCUT2D eigenvalue weighted by molar-refractivity contribution is -0.139. The van der Waals surface area contributed by atoms with Gasteiger partial charge in [0.1, 0.15) is 6.04 Å². The van der Waals surface area contributed by atoms with Crippen LogP contribution < -0.4 is 4.72 Å². The molecule has 0 aliphatic heterocycles. The zero-order chi connectivity index (χ0) is 15.9. The summed E-state index contributed by atoms with van der Waals surface area (Å²) < 4.78 is 28.1. The summed E-state index contributed by atoms with van der Waals surface area (Å²) in [7, 11) is -3.83. The molecule has 1 aromatic rings. The molecule has 0 radical (unpaired) electrons. The van der Waals surface area contributed by atoms with Crippen molar-refractivity contribution in [2.24, 2.45) is 0 Å². The lowest BCUT2D eigenvalue weighted by Crippen LogP contribution is -2.49. The van der Waals surface area contributed by atoms with E-state index in [0.717, 1.165) is 0 Å². The zero-order valence-corrected chi connectivity index (χ0v) is 13.1. The Hall–Kier alpha value is -1.45. The molecule has 0 saturated carbocycles. The topological polar surface area (TPSA) is 115 Å². The summed E-state index contributed by atoms with van der Waals surface area (Å²) in [5.74, 6) is -1.22. The maximum absolute atomic E-state index is 12.3. The minimum atomic E-state index is -3.83. The van der Waals surface area contributed by atoms with Crippen LogP contribution in [-0.4, -0.2) is 52.9 Å². The average Bonchev–Trinajstić information content (AvgIpc) is 2.90. The number of aromatic nitrogens is 2. The van der Waals surface area contributed by atoms with E-state index >= 15 is 0 Å². The van der Waals surface area contributed by atoms with Crippen LogP contribution in [0, 0.1) is 0 Å². The van der Waals surface area contributed by atoms with Gasteiger partial charge in [-0.05, 0) is 12.8 Å². The lowest BCUT2D eigenvalue weighted by Gasteiger charge is -2.23. The van der Waals surface area contributed by atoms with Crippen LogP contribution in [0.25, 0.3) is 0 Å². The van der Waals surface area contributed by atoms with Gasteiger partial charge in [-0.1, -0.05) is 13.8 Å². The van der Waals surface area contributed by atoms with E-state index in [9.17, 15) is 18.3 Å². The summed E-state index contributed by atoms with van der Waals surface area (Å²) in [5.41, 5.74) is 0.558. The quantitative estimate of drug-likeness (QED) is 0.576. The van der Waals surface area contributed by atoms with Crippen molar-refractivity contribution in [3.05, 3.63) is 18.2 Å². The molecule has 1 aromatic heterocycles. The molecular weight excluding hydrogens is 296 g/mol. The van der Waals surface area contributed by atoms with Gasteiger partial charge in [0.15, 0.2) is 0 Å². The van der Waals surface area contributed by atoms with Crippen LogP contribution in [0.4, 0.5) is 0 Å². The van der Waals surface area contributed by atoms with Gasteiger partial charge in [0.2, 0.25) is 0 Å². The maximum Gasteiger partial charge on any atom is 0.322 e. The first-order valence-electron chi connectivity index (χ1n) is 6.88. The highest BCUT2D eigenvalue weighted by Gasteiger charge is 2.28. The molecule has 0 aromatic carbocycles. The number of hydrogen-bond donors (Lipinski definition) is 3. The second-order valence-corrected chi connectivity index (χ2v) is 6.40. The Morgan fingerprint density at radius 3 is 2.48 bits per heavy atom. The third-order valence-electron chi connectivity index (χ3n) is 2.85. The predicted octanol–water partition coefficient (Wildman–Crippen LogP) is 0.362. The van der Waals surface area contributed by atoms with E-state index < -0.39 is 22.2 Å². The Morgan fingerprint density at radius 1 is 1.43 bits per heavy atom. The van der Waals surface area contributed by atoms with Gasteiger partial charge in [-0.15, -0.1) is 0 Å². The molecule has 8 nitrogen and oxygen atoms in total. The Morgan fingerprint density at radius 2 is 2.05 bits per heavy atom. The molecule has 0 aliphatic rings. The van der Waals surface area contributed by atoms with Crippen LogP contribution in [0.5, 0.6) is 0 Å². The largest absolute Gasteiger partial charge is 0.480 e. The summed E-state index contributed by atoms with van der Waals surface area (Å²) in [4.78, 5) is 17.8. The normalized spacial score (nSPS) is 13.5. The van der Waals surface area contributed by atoms with Crippen LogP contribution in [0.15, 0.2) is 12.5 Å². The Kier molecular flexibility index (Phi) is 6.79. The fraction of sp³-hybridized carbons (Fsp3) is 0.667. The van der Waals surface area contributed by atoms with E-state index in [2.05, 4.69) is 14.7 Å². The Balaban J connectivity index is 2.82. The molecule has 21 heavy (non-hydrogen) atoms. The van der Waals surface area contributed by atoms with Crippen LogP contribution in [0.3, 0.4) is 0 Å². The number of rotatable bonds is 10. The zero-order valence-electron chi connectivity index (χ0n) is 12.2. The van der Waals surface area contributed by atoms with Crippen LogP contribution >= 0.6 is 0 Å². The fourth-order valence-electron chi connectivity index (χ4n) is 1.90. The van der Waals surface area contributed by atoms with Gasteiger partial charge in [-0.3, -0.25) is 4.79 Å². The van der Waals surface area contributed by atoms with E-state index in [0.29, 0.717) is 31.6 Å². The number of carboxylic acids is 1. The van der Waals surface area contributed by atoms with Crippen molar-refractivity contribution in [3.8, 4) is 0 Å². The minimum Gasteiger partial charge on any atom is -0.480 e. The molecule has 0 amide bonds. The molecule has 0 saturated heterocycles. The minimum absolute atomic E-state index is 0.0145. The first-order valence-corrected chi connectivity index (χ1v) is 8.32. The third kappa shape index (κ3) is 5.44. The second-order valence-electron chi connectivity index (χ2n) is 4.69. The van der Waals surface area contributed by atoms with Gasteiger partial charge in [-0.2, -0.15) is 17.4 Å². The van der Waals surface area contributed by atoms with Crippen molar-refractivity contribution in [1.29, 1.82) is 0 Å². The first kappa shape index (κ1) is 17.6. The van der Waals surface area contributed by atoms with Gasteiger partial charge < -0.3 is 10.1 Å². The summed E-state index contributed by atoms with van der Waals surface area (Å²) in [6, 6.07) is -1.23. The number of carboxylic acid groups (broad SMARTS) is 1. The molecule has 0 bridgehead atoms. The highest BCUT2D eigenvalue weighted by molar-refractivity contribution is 7.87. The number of aromatic amines is 1. The SMILES string of the molecule is CCCN(CCC)S(=O)(=O)N[C@H](Cc1cnc[nH]1)C(=O)O. The van der Waals surface area contributed by atoms with Gasteiger partial charge in [0.05, 0.1) is 6.33 Å². The first-order chi connectivity index (χ1) is 9.90. The average molecular weight is 318 g/mol. The molecule has 120 valence electrons. The molecule has 3 N–H and O–H groups in total. The van der Waals surface area contributed by atoms with Gasteiger partial charge in [0.25, 0.3) is 10.2 Å². The number of H-pyrrole nitrogens is 1. The summed E-state index contributed by atoms with van der Waals surface area (Å²) in [6.45, 7) is 4.47. The van der Waals surface area contributed by atoms with E-state index in [1.807, 2.05) is 13.8 Å². The highest BCUT2D eigenvalue weighted by Crippen LogP contribution is 2.06. The number of aliphatic carboxylic acids is 1. The van der Waals surface area contributed by atoms with Gasteiger partial charge >= 0.3 is 5.97 Å². The second kappa shape index (κ2) is 8.11. The van der Waals surface area contributed by atoms with Crippen LogP contribution in [0.1, 0.15) is 32.4 Å². The molecule has 0 fully saturated rings. The van der Waals surface area contributed by atoms with Crippen molar-refractivity contribution < 1.29 is 18.3 Å². The monoisotopic (exact) mass is 318 g/mol. The van der Waals surface area contributed by atoms with E-state index in [-0.39, 0.29) is 6.42 Å². The van der Waals surface area contributed by atoms with Crippen molar-refractivity contribution in [1.82, 2.24) is 19.0 Å². The Bertz CT molecular complexity index is 523.